The van der Waals surface area contributed by atoms with Crippen LogP contribution >= 0.6 is 0 Å². The topological polar surface area (TPSA) is 22.9 Å². The minimum absolute atomic E-state index is 0.0269. The highest BCUT2D eigenvalue weighted by molar-refractivity contribution is 7.00. The SMILES string of the molecule is [2H]c1c([2H])c([2H])c(N2c3cc(C(C)(C)C)cc4c3B(c3oc5c([2H])c([2H])c(C(C)(C)C)c([2H])c5c3N4c3c([2H])c([2H])c([2H])c([2H])c3[2H])c3c([2H])c([2H])c(N(c4c([2H])c([2H])c([2H])c([2H])c4[2H])c4c([2H])c([2H])c([2H])c([2H])c4[2H])c([2H])c32)c([2H])c1[2H]. The molecule has 0 radical (unpaired) electrons. The summed E-state index contributed by atoms with van der Waals surface area (Å²) in [6.07, 6.45) is 0. The van der Waals surface area contributed by atoms with Gasteiger partial charge < -0.3 is 19.1 Å². The third-order valence-corrected chi connectivity index (χ3v) is 9.85. The number of fused-ring (bicyclic) bond motifs is 6. The van der Waals surface area contributed by atoms with Gasteiger partial charge in [-0.3, -0.25) is 0 Å². The minimum Gasteiger partial charge on any atom is -0.468 e. The third-order valence-electron chi connectivity index (χ3n) is 9.85. The Labute approximate surface area is 373 Å². The molecule has 57 heavy (non-hydrogen) atoms. The molecule has 3 heterocycles. The van der Waals surface area contributed by atoms with Gasteiger partial charge in [-0.2, -0.15) is 0 Å². The molecule has 0 unspecified atom stereocenters. The van der Waals surface area contributed by atoms with Crippen molar-refractivity contribution in [3.05, 3.63) is 180 Å². The summed E-state index contributed by atoms with van der Waals surface area (Å²) in [5.74, 6) is 0. The van der Waals surface area contributed by atoms with E-state index >= 15 is 0 Å². The molecule has 4 nitrogen and oxygen atoms in total. The highest BCUT2D eigenvalue weighted by atomic mass is 16.3. The molecule has 5 heteroatoms. The van der Waals surface area contributed by atoms with Crippen LogP contribution in [-0.2, 0) is 10.8 Å². The molecule has 0 saturated carbocycles. The smallest absolute Gasteiger partial charge is 0.297 e. The highest BCUT2D eigenvalue weighted by Gasteiger charge is 2.47. The molecule has 2 aliphatic heterocycles. The van der Waals surface area contributed by atoms with Gasteiger partial charge in [-0.05, 0) is 118 Å². The van der Waals surface area contributed by atoms with Crippen molar-refractivity contribution in [1.82, 2.24) is 0 Å². The summed E-state index contributed by atoms with van der Waals surface area (Å²) in [6, 6.07) is -20.0. The zero-order valence-corrected chi connectivity index (χ0v) is 31.5. The fourth-order valence-corrected chi connectivity index (χ4v) is 7.20. The number of benzene rings is 7. The molecule has 0 spiro atoms. The summed E-state index contributed by atoms with van der Waals surface area (Å²) in [7, 11) is 0. The van der Waals surface area contributed by atoms with Crippen molar-refractivity contribution >= 4 is 85.5 Å². The Morgan fingerprint density at radius 3 is 1.61 bits per heavy atom. The Morgan fingerprint density at radius 1 is 0.526 bits per heavy atom. The quantitative estimate of drug-likeness (QED) is 0.163. The van der Waals surface area contributed by atoms with Crippen LogP contribution < -0.4 is 31.3 Å². The summed E-state index contributed by atoms with van der Waals surface area (Å²) in [5, 5.41) is -0.213. The summed E-state index contributed by atoms with van der Waals surface area (Å²) in [6.45, 7) is 8.66. The van der Waals surface area contributed by atoms with Crippen LogP contribution in [0.2, 0.25) is 0 Å². The lowest BCUT2D eigenvalue weighted by atomic mass is 9.35. The third kappa shape index (κ3) is 5.75. The highest BCUT2D eigenvalue weighted by Crippen LogP contribution is 2.49. The van der Waals surface area contributed by atoms with Gasteiger partial charge in [0.1, 0.15) is 5.58 Å². The van der Waals surface area contributed by atoms with E-state index in [4.69, 9.17) is 20.9 Å². The Hall–Kier alpha value is -6.46. The van der Waals surface area contributed by atoms with E-state index in [1.54, 1.807) is 47.6 Å². The first-order chi connectivity index (χ1) is 38.4. The van der Waals surface area contributed by atoms with Crippen LogP contribution in [-0.4, -0.2) is 6.71 Å². The maximum Gasteiger partial charge on any atom is 0.297 e. The van der Waals surface area contributed by atoms with E-state index in [2.05, 4.69) is 0 Å². The molecule has 278 valence electrons. The second-order valence-electron chi connectivity index (χ2n) is 15.5. The van der Waals surface area contributed by atoms with Crippen molar-refractivity contribution in [3.8, 4) is 0 Å². The zero-order chi connectivity index (χ0) is 61.7. The lowest BCUT2D eigenvalue weighted by Crippen LogP contribution is -2.61. The van der Waals surface area contributed by atoms with Gasteiger partial charge in [0.15, 0.2) is 0 Å². The largest absolute Gasteiger partial charge is 0.468 e. The average molecular weight is 766 g/mol. The van der Waals surface area contributed by atoms with Gasteiger partial charge in [-0.1, -0.05) is 126 Å². The van der Waals surface area contributed by atoms with E-state index < -0.39 is 214 Å². The molecule has 0 bridgehead atoms. The van der Waals surface area contributed by atoms with Crippen LogP contribution in [0, 0.1) is 0 Å². The number of anilines is 9. The first-order valence-electron chi connectivity index (χ1n) is 30.9. The summed E-state index contributed by atoms with van der Waals surface area (Å²) >= 11 is 0. The summed E-state index contributed by atoms with van der Waals surface area (Å²) < 4.78 is 246. The normalized spacial score (nSPS) is 19.7. The van der Waals surface area contributed by atoms with Gasteiger partial charge in [0.05, 0.1) is 47.0 Å². The second kappa shape index (κ2) is 13.1. The Balaban J connectivity index is 1.53. The van der Waals surface area contributed by atoms with Gasteiger partial charge in [-0.25, -0.2) is 0 Å². The molecule has 7 aromatic carbocycles. The molecule has 0 N–H and O–H groups in total. The number of nitrogens with zero attached hydrogens (tertiary/aromatic N) is 3. The molecule has 0 aliphatic carbocycles. The van der Waals surface area contributed by atoms with E-state index in [-0.39, 0.29) is 45.2 Å². The molecular formula is C52H46BN3O. The molecule has 0 atom stereocenters. The summed E-state index contributed by atoms with van der Waals surface area (Å²) in [5.41, 5.74) is -8.35. The molecular weight excluding hydrogens is 693 g/mol. The fraction of sp³-hybridized carbons (Fsp3) is 0.154. The number of hydrogen-bond donors (Lipinski definition) is 0. The van der Waals surface area contributed by atoms with Crippen LogP contribution in [0.4, 0.5) is 51.2 Å². The van der Waals surface area contributed by atoms with E-state index in [1.165, 1.54) is 11.0 Å². The monoisotopic (exact) mass is 766 g/mol. The number of para-hydroxylation sites is 4. The molecule has 8 aromatic rings. The van der Waals surface area contributed by atoms with Crippen molar-refractivity contribution in [1.29, 1.82) is 0 Å². The van der Waals surface area contributed by atoms with E-state index in [0.29, 0.717) is 10.5 Å². The number of hydrogen-bond acceptors (Lipinski definition) is 4. The Morgan fingerprint density at radius 2 is 1.05 bits per heavy atom. The standard InChI is InChI=1S/C52H46BN3O/c1-51(2,3)35-27-30-47-42(31-35)49-50(57-47)53-43-29-28-41(54(37-19-11-7-12-20-37)38-21-13-8-14-22-38)34-44(43)55(39-23-15-9-16-24-39)45-32-36(52(4,5)6)33-46(48(45)53)56(49)40-25-17-10-18-26-40/h7-34H,1-6H3/i7D,8D,9D,10D,11D,12D,13D,14D,15D,16D,17D,18D,19D,20D,21D,22D,23D,24D,25D,26D,27D,28D,29D,30D,31D,34D. The maximum atomic E-state index is 10.6. The van der Waals surface area contributed by atoms with Crippen LogP contribution in [0.5, 0.6) is 0 Å². The van der Waals surface area contributed by atoms with Gasteiger partial charge in [0.2, 0.25) is 0 Å². The second-order valence-corrected chi connectivity index (χ2v) is 15.5. The average Bonchev–Trinajstić information content (AvgIpc) is 1.98. The van der Waals surface area contributed by atoms with Gasteiger partial charge >= 0.3 is 0 Å². The van der Waals surface area contributed by atoms with E-state index in [9.17, 15) is 19.2 Å². The van der Waals surface area contributed by atoms with Crippen molar-refractivity contribution in [2.45, 2.75) is 52.4 Å². The minimum atomic E-state index is -1.72. The van der Waals surface area contributed by atoms with E-state index in [0.717, 1.165) is 4.90 Å². The van der Waals surface area contributed by atoms with Crippen molar-refractivity contribution in [2.24, 2.45) is 0 Å². The lowest BCUT2D eigenvalue weighted by Gasteiger charge is -2.43. The van der Waals surface area contributed by atoms with Crippen LogP contribution in [0.1, 0.15) is 88.3 Å². The first kappa shape index (κ1) is 17.0. The predicted octanol–water partition coefficient (Wildman–Crippen LogP) is 12.6. The van der Waals surface area contributed by atoms with Crippen LogP contribution in [0.15, 0.2) is 174 Å². The van der Waals surface area contributed by atoms with Crippen LogP contribution in [0.25, 0.3) is 11.0 Å². The van der Waals surface area contributed by atoms with Gasteiger partial charge in [0.25, 0.3) is 6.71 Å². The molecule has 0 saturated heterocycles. The molecule has 1 aromatic heterocycles. The van der Waals surface area contributed by atoms with Crippen LogP contribution in [0.3, 0.4) is 0 Å². The fourth-order valence-electron chi connectivity index (χ4n) is 7.20. The predicted molar refractivity (Wildman–Crippen MR) is 242 cm³/mol. The summed E-state index contributed by atoms with van der Waals surface area (Å²) in [4.78, 5) is 2.74. The van der Waals surface area contributed by atoms with Crippen molar-refractivity contribution < 1.29 is 40.1 Å². The number of rotatable bonds is 5. The van der Waals surface area contributed by atoms with Crippen molar-refractivity contribution in [3.63, 3.8) is 0 Å². The van der Waals surface area contributed by atoms with Gasteiger partial charge in [-0.15, -0.1) is 0 Å². The molecule has 10 rings (SSSR count). The van der Waals surface area contributed by atoms with Gasteiger partial charge in [0, 0.05) is 50.9 Å². The number of furan rings is 1. The lowest BCUT2D eigenvalue weighted by molar-refractivity contribution is 0.590. The molecule has 0 amide bonds. The molecule has 2 aliphatic rings. The zero-order valence-electron chi connectivity index (χ0n) is 57.5. The maximum absolute atomic E-state index is 10.6. The Bertz CT molecular complexity index is 4120. The molecule has 0 fully saturated rings. The first-order valence-corrected chi connectivity index (χ1v) is 17.9. The van der Waals surface area contributed by atoms with Crippen molar-refractivity contribution in [2.75, 3.05) is 14.7 Å². The Kier molecular flexibility index (Phi) is 3.89. The van der Waals surface area contributed by atoms with E-state index in [1.807, 2.05) is 0 Å².